The quantitative estimate of drug-likeness (QED) is 0.602. The number of anilines is 1. The molecule has 2 aliphatic rings. The normalized spacial score (nSPS) is 25.6. The molecule has 0 radical (unpaired) electrons. The van der Waals surface area contributed by atoms with Gasteiger partial charge in [0, 0.05) is 0 Å². The fourth-order valence-electron chi connectivity index (χ4n) is 2.79. The van der Waals surface area contributed by atoms with E-state index in [0.717, 1.165) is 0 Å². The lowest BCUT2D eigenvalue weighted by molar-refractivity contribution is -0.122. The van der Waals surface area contributed by atoms with Gasteiger partial charge in [-0.2, -0.15) is 0 Å². The molecule has 19 heavy (non-hydrogen) atoms. The first-order chi connectivity index (χ1) is 9.22. The van der Waals surface area contributed by atoms with Gasteiger partial charge in [-0.05, 0) is 37.1 Å². The summed E-state index contributed by atoms with van der Waals surface area (Å²) in [5.74, 6) is 0.190. The minimum atomic E-state index is -0.181. The van der Waals surface area contributed by atoms with Crippen molar-refractivity contribution in [1.82, 2.24) is 0 Å². The molecule has 2 amide bonds. The molecule has 1 heterocycles. The molecule has 0 aromatic heterocycles. The average Bonchev–Trinajstić information content (AvgIpc) is 2.72. The Morgan fingerprint density at radius 2 is 1.53 bits per heavy atom. The number of hydrogen-bond donors (Lipinski definition) is 0. The Morgan fingerprint density at radius 1 is 1.00 bits per heavy atom. The van der Waals surface area contributed by atoms with Crippen molar-refractivity contribution in [3.63, 3.8) is 0 Å². The molecule has 1 fully saturated rings. The molecule has 0 unspecified atom stereocenters. The Labute approximate surface area is 111 Å². The third kappa shape index (κ3) is 1.84. The number of fused-ring (bicyclic) bond motifs is 1. The molecule has 0 saturated carbocycles. The maximum atomic E-state index is 12.3. The SMILES string of the molecule is COc1ccc(N2C(=O)[C@H]3CC=CC[C@@H]3C2=O)cc1. The highest BCUT2D eigenvalue weighted by atomic mass is 16.5. The van der Waals surface area contributed by atoms with Crippen molar-refractivity contribution in [2.45, 2.75) is 12.8 Å². The summed E-state index contributed by atoms with van der Waals surface area (Å²) < 4.78 is 5.08. The number of allylic oxidation sites excluding steroid dienone is 2. The van der Waals surface area contributed by atoms with Crippen LogP contribution in [0.5, 0.6) is 5.75 Å². The first kappa shape index (κ1) is 12.0. The predicted octanol–water partition coefficient (Wildman–Crippen LogP) is 2.15. The zero-order valence-electron chi connectivity index (χ0n) is 10.7. The number of ether oxygens (including phenoxy) is 1. The van der Waals surface area contributed by atoms with Crippen LogP contribution in [-0.4, -0.2) is 18.9 Å². The minimum absolute atomic E-state index is 0.0792. The van der Waals surface area contributed by atoms with Gasteiger partial charge < -0.3 is 4.74 Å². The lowest BCUT2D eigenvalue weighted by Crippen LogP contribution is -2.30. The van der Waals surface area contributed by atoms with Crippen LogP contribution in [0, 0.1) is 11.8 Å². The summed E-state index contributed by atoms with van der Waals surface area (Å²) in [6, 6.07) is 7.02. The van der Waals surface area contributed by atoms with Crippen LogP contribution in [0.1, 0.15) is 12.8 Å². The van der Waals surface area contributed by atoms with Gasteiger partial charge in [-0.3, -0.25) is 14.5 Å². The van der Waals surface area contributed by atoms with Crippen molar-refractivity contribution in [2.75, 3.05) is 12.0 Å². The van der Waals surface area contributed by atoms with E-state index in [-0.39, 0.29) is 23.7 Å². The Morgan fingerprint density at radius 3 is 2.00 bits per heavy atom. The fourth-order valence-corrected chi connectivity index (χ4v) is 2.79. The van der Waals surface area contributed by atoms with Gasteiger partial charge in [0.15, 0.2) is 0 Å². The molecule has 4 heteroatoms. The van der Waals surface area contributed by atoms with E-state index in [9.17, 15) is 9.59 Å². The highest BCUT2D eigenvalue weighted by molar-refractivity contribution is 6.22. The lowest BCUT2D eigenvalue weighted by atomic mass is 9.85. The summed E-state index contributed by atoms with van der Waals surface area (Å²) in [6.07, 6.45) is 5.32. The number of nitrogens with zero attached hydrogens (tertiary/aromatic N) is 1. The van der Waals surface area contributed by atoms with E-state index in [2.05, 4.69) is 0 Å². The van der Waals surface area contributed by atoms with Crippen LogP contribution in [0.2, 0.25) is 0 Å². The highest BCUT2D eigenvalue weighted by Gasteiger charge is 2.47. The van der Waals surface area contributed by atoms with Crippen LogP contribution in [0.15, 0.2) is 36.4 Å². The van der Waals surface area contributed by atoms with Crippen molar-refractivity contribution < 1.29 is 14.3 Å². The van der Waals surface area contributed by atoms with Gasteiger partial charge in [0.1, 0.15) is 5.75 Å². The molecule has 1 aliphatic heterocycles. The number of amides is 2. The smallest absolute Gasteiger partial charge is 0.238 e. The van der Waals surface area contributed by atoms with Crippen molar-refractivity contribution in [1.29, 1.82) is 0 Å². The summed E-state index contributed by atoms with van der Waals surface area (Å²) >= 11 is 0. The average molecular weight is 257 g/mol. The summed E-state index contributed by atoms with van der Waals surface area (Å²) in [5.41, 5.74) is 0.630. The number of imide groups is 1. The van der Waals surface area contributed by atoms with Gasteiger partial charge in [-0.25, -0.2) is 0 Å². The maximum Gasteiger partial charge on any atom is 0.238 e. The van der Waals surface area contributed by atoms with E-state index < -0.39 is 0 Å². The number of carbonyl (C=O) groups excluding carboxylic acids is 2. The van der Waals surface area contributed by atoms with E-state index in [4.69, 9.17) is 4.74 Å². The second-order valence-electron chi connectivity index (χ2n) is 4.87. The molecule has 0 bridgehead atoms. The van der Waals surface area contributed by atoms with E-state index in [1.54, 1.807) is 31.4 Å². The van der Waals surface area contributed by atoms with Crippen LogP contribution in [0.25, 0.3) is 0 Å². The van der Waals surface area contributed by atoms with E-state index in [0.29, 0.717) is 24.3 Å². The molecule has 3 rings (SSSR count). The van der Waals surface area contributed by atoms with Gasteiger partial charge in [-0.1, -0.05) is 12.2 Å². The summed E-state index contributed by atoms with van der Waals surface area (Å²) in [4.78, 5) is 26.0. The van der Waals surface area contributed by atoms with E-state index in [1.165, 1.54) is 4.90 Å². The number of carbonyl (C=O) groups is 2. The molecule has 98 valence electrons. The molecular formula is C15H15NO3. The van der Waals surface area contributed by atoms with Gasteiger partial charge in [0.2, 0.25) is 11.8 Å². The fraction of sp³-hybridized carbons (Fsp3) is 0.333. The van der Waals surface area contributed by atoms with Gasteiger partial charge >= 0.3 is 0 Å². The number of hydrogen-bond acceptors (Lipinski definition) is 3. The Hall–Kier alpha value is -2.10. The number of benzene rings is 1. The van der Waals surface area contributed by atoms with Crippen molar-refractivity contribution in [2.24, 2.45) is 11.8 Å². The van der Waals surface area contributed by atoms with E-state index >= 15 is 0 Å². The standard InChI is InChI=1S/C15H15NO3/c1-19-11-8-6-10(7-9-11)16-14(17)12-4-2-3-5-13(12)15(16)18/h2-3,6-9,12-13H,4-5H2,1H3/t12-,13-/m0/s1. The van der Waals surface area contributed by atoms with Crippen LogP contribution >= 0.6 is 0 Å². The van der Waals surface area contributed by atoms with Gasteiger partial charge in [-0.15, -0.1) is 0 Å². The summed E-state index contributed by atoms with van der Waals surface area (Å²) in [6.45, 7) is 0. The first-order valence-corrected chi connectivity index (χ1v) is 6.39. The molecule has 1 aliphatic carbocycles. The Kier molecular flexibility index (Phi) is 2.85. The minimum Gasteiger partial charge on any atom is -0.497 e. The maximum absolute atomic E-state index is 12.3. The molecule has 2 atom stereocenters. The zero-order valence-corrected chi connectivity index (χ0v) is 10.7. The largest absolute Gasteiger partial charge is 0.497 e. The molecular weight excluding hydrogens is 242 g/mol. The van der Waals surface area contributed by atoms with Crippen molar-refractivity contribution in [3.8, 4) is 5.75 Å². The second kappa shape index (κ2) is 4.53. The second-order valence-corrected chi connectivity index (χ2v) is 4.87. The Balaban J connectivity index is 1.92. The molecule has 0 spiro atoms. The number of rotatable bonds is 2. The van der Waals surface area contributed by atoms with Gasteiger partial charge in [0.25, 0.3) is 0 Å². The van der Waals surface area contributed by atoms with Crippen molar-refractivity contribution in [3.05, 3.63) is 36.4 Å². The number of methoxy groups -OCH3 is 1. The van der Waals surface area contributed by atoms with Gasteiger partial charge in [0.05, 0.1) is 24.6 Å². The van der Waals surface area contributed by atoms with E-state index in [1.807, 2.05) is 12.2 Å². The summed E-state index contributed by atoms with van der Waals surface area (Å²) in [7, 11) is 1.58. The highest BCUT2D eigenvalue weighted by Crippen LogP contribution is 2.37. The Bertz CT molecular complexity index is 521. The predicted molar refractivity (Wildman–Crippen MR) is 70.8 cm³/mol. The topological polar surface area (TPSA) is 46.6 Å². The lowest BCUT2D eigenvalue weighted by Gasteiger charge is -2.15. The van der Waals surface area contributed by atoms with Crippen LogP contribution < -0.4 is 9.64 Å². The van der Waals surface area contributed by atoms with Crippen LogP contribution in [0.3, 0.4) is 0 Å². The first-order valence-electron chi connectivity index (χ1n) is 6.39. The monoisotopic (exact) mass is 257 g/mol. The molecule has 1 aromatic carbocycles. The third-order valence-electron chi connectivity index (χ3n) is 3.84. The molecule has 4 nitrogen and oxygen atoms in total. The van der Waals surface area contributed by atoms with Crippen molar-refractivity contribution >= 4 is 17.5 Å². The third-order valence-corrected chi connectivity index (χ3v) is 3.84. The summed E-state index contributed by atoms with van der Waals surface area (Å²) in [5, 5.41) is 0. The molecule has 1 saturated heterocycles. The van der Waals surface area contributed by atoms with Crippen LogP contribution in [0.4, 0.5) is 5.69 Å². The molecule has 1 aromatic rings. The molecule has 0 N–H and O–H groups in total. The zero-order chi connectivity index (χ0) is 13.4. The van der Waals surface area contributed by atoms with Crippen LogP contribution in [-0.2, 0) is 9.59 Å².